The van der Waals surface area contributed by atoms with E-state index in [1.54, 1.807) is 48.8 Å². The number of anilines is 2. The molecule has 24 heteroatoms. The first-order chi connectivity index (χ1) is 34.9. The molecule has 1 saturated carbocycles. The molecule has 10 rings (SSSR count). The Hall–Kier alpha value is -6.08. The van der Waals surface area contributed by atoms with Crippen molar-refractivity contribution in [3.8, 4) is 22.5 Å². The topological polar surface area (TPSA) is 229 Å². The maximum Gasteiger partial charge on any atom is 0.421 e. The number of likely N-dealkylation sites (tertiary alicyclic amines) is 1. The van der Waals surface area contributed by atoms with Crippen LogP contribution in [-0.2, 0) is 36.5 Å². The maximum absolute atomic E-state index is 14.7. The Morgan fingerprint density at radius 1 is 0.959 bits per heavy atom. The van der Waals surface area contributed by atoms with Crippen molar-refractivity contribution >= 4 is 67.7 Å². The number of alkyl halides is 4. The Morgan fingerprint density at radius 2 is 1.70 bits per heavy atom. The molecule has 0 unspecified atom stereocenters. The Balaban J connectivity index is 0.735. The zero-order valence-corrected chi connectivity index (χ0v) is 41.0. The van der Waals surface area contributed by atoms with Crippen LogP contribution in [0.2, 0.25) is 5.28 Å². The monoisotopic (exact) mass is 1090 g/mol. The van der Waals surface area contributed by atoms with Crippen LogP contribution in [-0.4, -0.2) is 136 Å². The minimum absolute atomic E-state index is 0.105. The molecule has 4 fully saturated rings. The third kappa shape index (κ3) is 10.4. The van der Waals surface area contributed by atoms with Gasteiger partial charge in [0.05, 0.1) is 31.4 Å². The Kier molecular flexibility index (Phi) is 14.0. The van der Waals surface area contributed by atoms with Gasteiger partial charge in [0, 0.05) is 48.4 Å². The van der Waals surface area contributed by atoms with Crippen LogP contribution >= 0.6 is 27.5 Å². The first kappa shape index (κ1) is 50.5. The number of ketones is 1. The fourth-order valence-electron chi connectivity index (χ4n) is 9.98. The van der Waals surface area contributed by atoms with E-state index in [-0.39, 0.29) is 62.0 Å². The summed E-state index contributed by atoms with van der Waals surface area (Å²) in [6.45, 7) is 0.522. The molecule has 6 aromatic rings. The van der Waals surface area contributed by atoms with E-state index in [0.29, 0.717) is 51.5 Å². The summed E-state index contributed by atoms with van der Waals surface area (Å²) in [5.41, 5.74) is 1.33. The number of hydrogen-bond acceptors (Lipinski definition) is 15. The van der Waals surface area contributed by atoms with Crippen molar-refractivity contribution in [3.63, 3.8) is 0 Å². The molecule has 18 nitrogen and oxygen atoms in total. The van der Waals surface area contributed by atoms with E-state index in [1.165, 1.54) is 16.5 Å². The number of hydrogen-bond donors (Lipinski definition) is 4. The van der Waals surface area contributed by atoms with Gasteiger partial charge in [0.15, 0.2) is 17.9 Å². The van der Waals surface area contributed by atoms with Gasteiger partial charge in [-0.05, 0) is 94.5 Å². The minimum Gasteiger partial charge on any atom is -0.388 e. The molecule has 4 aromatic heterocycles. The number of Topliss-reactive ketones (excluding diaryl/α,β-unsaturated/α-hetero) is 1. The number of nitrogens with one attached hydrogen (secondary N) is 2. The van der Waals surface area contributed by atoms with Gasteiger partial charge in [-0.2, -0.15) is 18.3 Å². The fraction of sp³-hybridized carbons (Fsp3) is 0.408. The molecule has 0 spiro atoms. The third-order valence-corrected chi connectivity index (χ3v) is 14.4. The summed E-state index contributed by atoms with van der Waals surface area (Å²) in [5, 5.41) is 32.0. The summed E-state index contributed by atoms with van der Waals surface area (Å²) in [5.74, 6) is -1.10. The zero-order valence-electron chi connectivity index (χ0n) is 38.7. The first-order valence-corrected chi connectivity index (χ1v) is 24.5. The second kappa shape index (κ2) is 20.3. The maximum atomic E-state index is 14.7. The van der Waals surface area contributed by atoms with E-state index in [2.05, 4.69) is 56.6 Å². The summed E-state index contributed by atoms with van der Waals surface area (Å²) in [4.78, 5) is 61.4. The van der Waals surface area contributed by atoms with Crippen LogP contribution in [0.1, 0.15) is 66.6 Å². The smallest absolute Gasteiger partial charge is 0.388 e. The molecular weight excluding hydrogens is 1050 g/mol. The van der Waals surface area contributed by atoms with Gasteiger partial charge in [0.25, 0.3) is 0 Å². The normalized spacial score (nSPS) is 26.0. The first-order valence-electron chi connectivity index (χ1n) is 23.4. The van der Waals surface area contributed by atoms with Crippen LogP contribution in [0.15, 0.2) is 83.9 Å². The number of amides is 2. The number of rotatable bonds is 13. The van der Waals surface area contributed by atoms with Crippen LogP contribution in [0, 0.1) is 0 Å². The fourth-order valence-corrected chi connectivity index (χ4v) is 10.5. The largest absolute Gasteiger partial charge is 0.421 e. The number of pyridine rings is 1. The minimum atomic E-state index is -4.82. The summed E-state index contributed by atoms with van der Waals surface area (Å²) in [6.07, 6.45) is -3.99. The van der Waals surface area contributed by atoms with Crippen molar-refractivity contribution in [2.24, 2.45) is 0 Å². The Bertz CT molecular complexity index is 3060. The average Bonchev–Trinajstić information content (AvgIpc) is 4.08. The van der Waals surface area contributed by atoms with E-state index in [0.717, 1.165) is 24.0 Å². The van der Waals surface area contributed by atoms with Crippen molar-refractivity contribution in [1.82, 2.24) is 39.6 Å². The number of fused-ring (bicyclic) bond motifs is 3. The molecule has 3 saturated heterocycles. The highest BCUT2D eigenvalue weighted by molar-refractivity contribution is 9.10. The van der Waals surface area contributed by atoms with E-state index in [1.807, 2.05) is 24.3 Å². The number of nitrogens with zero attached hydrogens (tertiary/aromatic N) is 8. The molecule has 4 N–H and O–H groups in total. The molecule has 382 valence electrons. The van der Waals surface area contributed by atoms with Gasteiger partial charge in [0.2, 0.25) is 17.1 Å². The Morgan fingerprint density at radius 3 is 2.41 bits per heavy atom. The molecule has 4 aliphatic rings. The van der Waals surface area contributed by atoms with Crippen molar-refractivity contribution in [2.75, 3.05) is 30.4 Å². The highest BCUT2D eigenvalue weighted by Gasteiger charge is 2.60. The van der Waals surface area contributed by atoms with Crippen LogP contribution < -0.4 is 10.6 Å². The van der Waals surface area contributed by atoms with Gasteiger partial charge < -0.3 is 40.0 Å². The molecule has 2 aromatic carbocycles. The molecule has 7 atom stereocenters. The molecule has 2 amide bonds. The lowest BCUT2D eigenvalue weighted by atomic mass is 9.82. The number of halogens is 6. The second-order valence-electron chi connectivity index (χ2n) is 18.6. The van der Waals surface area contributed by atoms with Crippen LogP contribution in [0.5, 0.6) is 0 Å². The van der Waals surface area contributed by atoms with E-state index in [4.69, 9.17) is 25.8 Å². The molecule has 2 bridgehead atoms. The van der Waals surface area contributed by atoms with Crippen molar-refractivity contribution in [2.45, 2.75) is 106 Å². The Labute approximate surface area is 427 Å². The lowest BCUT2D eigenvalue weighted by molar-refractivity contribution is -0.234. The van der Waals surface area contributed by atoms with Gasteiger partial charge in [-0.1, -0.05) is 36.4 Å². The number of aromatic nitrogens is 7. The zero-order chi connectivity index (χ0) is 51.3. The summed E-state index contributed by atoms with van der Waals surface area (Å²) in [6, 6.07) is 16.0. The number of benzene rings is 2. The van der Waals surface area contributed by atoms with Gasteiger partial charge in [-0.15, -0.1) is 0 Å². The molecule has 7 heterocycles. The third-order valence-electron chi connectivity index (χ3n) is 13.8. The predicted octanol–water partition coefficient (Wildman–Crippen LogP) is 6.93. The second-order valence-corrected chi connectivity index (χ2v) is 19.7. The molecule has 3 aliphatic heterocycles. The number of carbonyl (C=O) groups is 3. The number of aliphatic hydroxyl groups is 2. The number of ether oxygens (including phenoxy) is 3. The highest BCUT2D eigenvalue weighted by atomic mass is 79.9. The predicted molar refractivity (Wildman–Crippen MR) is 258 cm³/mol. The molecule has 1 aliphatic carbocycles. The van der Waals surface area contributed by atoms with Gasteiger partial charge in [-0.3, -0.25) is 19.1 Å². The van der Waals surface area contributed by atoms with E-state index in [9.17, 15) is 42.2 Å². The summed E-state index contributed by atoms with van der Waals surface area (Å²) in [7, 11) is 0. The summed E-state index contributed by atoms with van der Waals surface area (Å²) >= 11 is 9.03. The standard InChI is InChI=1S/C49H46BrClF4N10O8/c1-24(66)39-32-15-28(11-14-34(32)65(63-39)21-38(67)64-20-30(52)16-35(64)45(70)60-37-4-2-3-36(50)59-37)29-17-56-43(57-18-29)27-7-5-25(6-8-27)26-9-12-31(13-10-26)71-22-48-23-72-46(73-48)40(41(68)42(48)69)61-44-33(49(53,54)55)19-58-47(51)62-44/h2-8,11,14-15,17-19,26,30-31,35,40-42,46,68-69H,9-10,12-13,16,20-23H2,1H3,(H,58,61,62)(H,59,60,70)/t26?,30-,31?,35+,40-,41-,42-,46+,48+/m1/s1. The van der Waals surface area contributed by atoms with E-state index < -0.39 is 77.0 Å². The van der Waals surface area contributed by atoms with Crippen LogP contribution in [0.4, 0.5) is 29.2 Å². The van der Waals surface area contributed by atoms with Crippen LogP contribution in [0.25, 0.3) is 33.4 Å². The van der Waals surface area contributed by atoms with Gasteiger partial charge in [-0.25, -0.2) is 29.3 Å². The highest BCUT2D eigenvalue weighted by Crippen LogP contribution is 2.42. The lowest BCUT2D eigenvalue weighted by Gasteiger charge is -2.43. The number of carbonyl (C=O) groups excluding carboxylic acids is 3. The SMILES string of the molecule is CC(=O)c1nn(CC(=O)N2C[C@H](F)C[C@H]2C(=O)Nc2cccc(Br)n2)c2ccc(-c3cnc(-c4ccc(C5CCC(OC[C@@]67CO[C@@H](O6)[C@H](Nc6nc(Cl)ncc6C(F)(F)F)[C@@H](O)[C@H]7O)CC5)cc4)nc3)cc12. The lowest BCUT2D eigenvalue weighted by Crippen LogP contribution is -2.64. The van der Waals surface area contributed by atoms with Crippen LogP contribution in [0.3, 0.4) is 0 Å². The van der Waals surface area contributed by atoms with Gasteiger partial charge in [0.1, 0.15) is 70.1 Å². The van der Waals surface area contributed by atoms with Crippen molar-refractivity contribution in [3.05, 3.63) is 106 Å². The average molecular weight is 1090 g/mol. The van der Waals surface area contributed by atoms with Crippen molar-refractivity contribution < 1.29 is 56.4 Å². The summed E-state index contributed by atoms with van der Waals surface area (Å²) < 4.78 is 75.6. The van der Waals surface area contributed by atoms with Gasteiger partial charge >= 0.3 is 6.18 Å². The quantitative estimate of drug-likeness (QED) is 0.0398. The van der Waals surface area contributed by atoms with E-state index >= 15 is 0 Å². The molecule has 0 radical (unpaired) electrons. The number of aliphatic hydroxyl groups excluding tert-OH is 2. The van der Waals surface area contributed by atoms with Crippen molar-refractivity contribution in [1.29, 1.82) is 0 Å². The molecular formula is C49H46BrClF4N10O8. The molecule has 73 heavy (non-hydrogen) atoms.